The Morgan fingerprint density at radius 3 is 2.73 bits per heavy atom. The summed E-state index contributed by atoms with van der Waals surface area (Å²) in [6.07, 6.45) is 3.43. The third-order valence-electron chi connectivity index (χ3n) is 3.09. The van der Waals surface area contributed by atoms with Crippen LogP contribution >= 0.6 is 11.3 Å². The number of nitrogens with zero attached hydrogens (tertiary/aromatic N) is 2. The summed E-state index contributed by atoms with van der Waals surface area (Å²) in [4.78, 5) is 5.00. The molecule has 3 nitrogen and oxygen atoms in total. The zero-order valence-electron chi connectivity index (χ0n) is 12.0. The van der Waals surface area contributed by atoms with Crippen LogP contribution in [0.5, 0.6) is 0 Å². The second kappa shape index (κ2) is 6.87. The van der Waals surface area contributed by atoms with Gasteiger partial charge >= 0.3 is 0 Å². The van der Waals surface area contributed by atoms with Crippen molar-refractivity contribution in [3.63, 3.8) is 0 Å². The van der Waals surface area contributed by atoms with Crippen molar-refractivity contribution in [2.75, 3.05) is 0 Å². The Balaban J connectivity index is 1.77. The van der Waals surface area contributed by atoms with Gasteiger partial charge in [0.05, 0.1) is 6.21 Å². The monoisotopic (exact) mass is 326 g/mol. The molecule has 0 fully saturated rings. The number of hydrogen-bond acceptors (Lipinski definition) is 4. The Bertz CT molecular complexity index is 768. The number of thiazole rings is 1. The Hall–Kier alpha value is -1.95. The van der Waals surface area contributed by atoms with E-state index < -0.39 is 11.4 Å². The molecule has 0 saturated heterocycles. The van der Waals surface area contributed by atoms with E-state index in [0.29, 0.717) is 4.90 Å². The van der Waals surface area contributed by atoms with Crippen molar-refractivity contribution >= 4 is 28.9 Å². The summed E-state index contributed by atoms with van der Waals surface area (Å²) in [7, 11) is 0. The van der Waals surface area contributed by atoms with E-state index in [1.807, 2.05) is 60.8 Å². The second-order valence-electron chi connectivity index (χ2n) is 4.76. The molecular weight excluding hydrogens is 312 g/mol. The van der Waals surface area contributed by atoms with Crippen LogP contribution in [0.2, 0.25) is 0 Å². The number of aryl methyl sites for hydroxylation is 1. The Kier molecular flexibility index (Phi) is 4.68. The number of aromatic nitrogens is 1. The quantitative estimate of drug-likeness (QED) is 0.531. The average molecular weight is 326 g/mol. The van der Waals surface area contributed by atoms with Gasteiger partial charge in [0.25, 0.3) is 0 Å². The first kappa shape index (κ1) is 15.0. The second-order valence-corrected chi connectivity index (χ2v) is 6.83. The van der Waals surface area contributed by atoms with Gasteiger partial charge in [-0.3, -0.25) is 0 Å². The lowest BCUT2D eigenvalue weighted by atomic mass is 10.1. The molecule has 0 N–H and O–H groups in total. The minimum absolute atomic E-state index is 0.706. The lowest BCUT2D eigenvalue weighted by Gasteiger charge is -2.03. The van der Waals surface area contributed by atoms with Gasteiger partial charge in [-0.05, 0) is 30.7 Å². The molecule has 1 unspecified atom stereocenters. The summed E-state index contributed by atoms with van der Waals surface area (Å²) in [6, 6.07) is 15.4. The zero-order valence-corrected chi connectivity index (χ0v) is 13.6. The first-order valence-corrected chi connectivity index (χ1v) is 8.73. The van der Waals surface area contributed by atoms with E-state index in [9.17, 15) is 4.55 Å². The van der Waals surface area contributed by atoms with Crippen molar-refractivity contribution in [2.45, 2.75) is 11.8 Å². The Morgan fingerprint density at radius 1 is 1.18 bits per heavy atom. The molecule has 0 aliphatic heterocycles. The van der Waals surface area contributed by atoms with Gasteiger partial charge in [-0.2, -0.15) is 0 Å². The molecule has 22 heavy (non-hydrogen) atoms. The van der Waals surface area contributed by atoms with E-state index in [4.69, 9.17) is 0 Å². The molecule has 110 valence electrons. The SMILES string of the molecule is Cc1ccc([S+]([O-])/N=C/c2cccc(-c3nccs3)c2)cc1. The van der Waals surface area contributed by atoms with E-state index in [0.717, 1.165) is 21.7 Å². The predicted octanol–water partition coefficient (Wildman–Crippen LogP) is 4.26. The smallest absolute Gasteiger partial charge is 0.182 e. The van der Waals surface area contributed by atoms with Crippen LogP contribution in [0.15, 0.2) is 69.4 Å². The predicted molar refractivity (Wildman–Crippen MR) is 92.7 cm³/mol. The molecule has 0 amide bonds. The maximum atomic E-state index is 12.1. The third kappa shape index (κ3) is 3.62. The number of rotatable bonds is 4. The van der Waals surface area contributed by atoms with Crippen LogP contribution in [0.1, 0.15) is 11.1 Å². The highest BCUT2D eigenvalue weighted by Crippen LogP contribution is 2.22. The molecule has 3 rings (SSSR count). The zero-order chi connectivity index (χ0) is 15.4. The normalized spacial score (nSPS) is 12.6. The van der Waals surface area contributed by atoms with Crippen LogP contribution in [0.3, 0.4) is 0 Å². The fraction of sp³-hybridized carbons (Fsp3) is 0.0588. The minimum atomic E-state index is -1.38. The Morgan fingerprint density at radius 2 is 2.00 bits per heavy atom. The highest BCUT2D eigenvalue weighted by molar-refractivity contribution is 7.90. The summed E-state index contributed by atoms with van der Waals surface area (Å²) in [6.45, 7) is 2.00. The van der Waals surface area contributed by atoms with E-state index in [-0.39, 0.29) is 0 Å². The summed E-state index contributed by atoms with van der Waals surface area (Å²) < 4.78 is 16.3. The van der Waals surface area contributed by atoms with Gasteiger partial charge in [0, 0.05) is 17.1 Å². The van der Waals surface area contributed by atoms with Crippen molar-refractivity contribution < 1.29 is 4.55 Å². The van der Waals surface area contributed by atoms with Gasteiger partial charge in [-0.1, -0.05) is 40.3 Å². The van der Waals surface area contributed by atoms with Crippen LogP contribution in [-0.2, 0) is 11.4 Å². The van der Waals surface area contributed by atoms with E-state index in [2.05, 4.69) is 9.38 Å². The summed E-state index contributed by atoms with van der Waals surface area (Å²) >= 11 is 0.213. The molecule has 3 aromatic rings. The first-order chi connectivity index (χ1) is 10.7. The Labute approximate surface area is 136 Å². The van der Waals surface area contributed by atoms with Crippen molar-refractivity contribution in [3.05, 3.63) is 71.2 Å². The summed E-state index contributed by atoms with van der Waals surface area (Å²) in [5, 5.41) is 2.91. The average Bonchev–Trinajstić information content (AvgIpc) is 3.08. The van der Waals surface area contributed by atoms with Crippen molar-refractivity contribution in [3.8, 4) is 10.6 Å². The summed E-state index contributed by atoms with van der Waals surface area (Å²) in [5.74, 6) is 0. The molecule has 1 aromatic heterocycles. The van der Waals surface area contributed by atoms with E-state index in [1.165, 1.54) is 0 Å². The van der Waals surface area contributed by atoms with Crippen molar-refractivity contribution in [1.82, 2.24) is 4.98 Å². The molecular formula is C17H14N2OS2. The maximum absolute atomic E-state index is 12.1. The van der Waals surface area contributed by atoms with Gasteiger partial charge in [-0.25, -0.2) is 4.98 Å². The minimum Gasteiger partial charge on any atom is -0.586 e. The first-order valence-electron chi connectivity index (χ1n) is 6.75. The molecule has 0 aliphatic rings. The highest BCUT2D eigenvalue weighted by Gasteiger charge is 2.08. The van der Waals surface area contributed by atoms with Gasteiger partial charge in [0.15, 0.2) is 4.90 Å². The molecule has 0 radical (unpaired) electrons. The number of hydrogen-bond donors (Lipinski definition) is 0. The van der Waals surface area contributed by atoms with Gasteiger partial charge < -0.3 is 4.55 Å². The topological polar surface area (TPSA) is 48.3 Å². The van der Waals surface area contributed by atoms with E-state index >= 15 is 0 Å². The molecule has 0 spiro atoms. The van der Waals surface area contributed by atoms with Gasteiger partial charge in [0.2, 0.25) is 0 Å². The van der Waals surface area contributed by atoms with Crippen LogP contribution in [0, 0.1) is 6.92 Å². The standard InChI is InChI=1S/C17H14N2OS2/c1-13-5-7-16(8-6-13)22(20)19-12-14-3-2-4-15(11-14)17-18-9-10-21-17/h2-12H,1H3/b19-12+. The van der Waals surface area contributed by atoms with Crippen LogP contribution < -0.4 is 0 Å². The molecule has 1 atom stereocenters. The molecule has 1 heterocycles. The molecule has 5 heteroatoms. The highest BCUT2D eigenvalue weighted by atomic mass is 32.2. The van der Waals surface area contributed by atoms with Crippen LogP contribution in [0.4, 0.5) is 0 Å². The summed E-state index contributed by atoms with van der Waals surface area (Å²) in [5.41, 5.74) is 3.09. The largest absolute Gasteiger partial charge is 0.586 e. The van der Waals surface area contributed by atoms with Crippen LogP contribution in [-0.4, -0.2) is 15.8 Å². The van der Waals surface area contributed by atoms with Crippen molar-refractivity contribution in [2.24, 2.45) is 4.40 Å². The van der Waals surface area contributed by atoms with E-state index in [1.54, 1.807) is 23.7 Å². The lowest BCUT2D eigenvalue weighted by Crippen LogP contribution is -1.97. The molecule has 2 aromatic carbocycles. The van der Waals surface area contributed by atoms with Crippen molar-refractivity contribution in [1.29, 1.82) is 0 Å². The van der Waals surface area contributed by atoms with Crippen LogP contribution in [0.25, 0.3) is 10.6 Å². The van der Waals surface area contributed by atoms with Gasteiger partial charge in [-0.15, -0.1) is 11.3 Å². The van der Waals surface area contributed by atoms with Gasteiger partial charge in [0.1, 0.15) is 16.4 Å². The fourth-order valence-corrected chi connectivity index (χ4v) is 3.29. The fourth-order valence-electron chi connectivity index (χ4n) is 1.94. The molecule has 0 aliphatic carbocycles. The molecule has 0 saturated carbocycles. The maximum Gasteiger partial charge on any atom is 0.182 e. The lowest BCUT2D eigenvalue weighted by molar-refractivity contribution is 0.597. The third-order valence-corrected chi connectivity index (χ3v) is 4.88. The molecule has 0 bridgehead atoms. The number of benzene rings is 2.